The van der Waals surface area contributed by atoms with E-state index in [0.717, 1.165) is 25.4 Å². The van der Waals surface area contributed by atoms with Crippen LogP contribution in [0.25, 0.3) is 0 Å². The third-order valence-electron chi connectivity index (χ3n) is 2.89. The Morgan fingerprint density at radius 2 is 2.11 bits per heavy atom. The summed E-state index contributed by atoms with van der Waals surface area (Å²) >= 11 is 0. The fourth-order valence-electron chi connectivity index (χ4n) is 1.75. The van der Waals surface area contributed by atoms with Crippen molar-refractivity contribution in [2.24, 2.45) is 0 Å². The molecule has 1 N–H and O–H groups in total. The van der Waals surface area contributed by atoms with Gasteiger partial charge in [0, 0.05) is 39.5 Å². The van der Waals surface area contributed by atoms with Crippen LogP contribution in [-0.4, -0.2) is 49.1 Å². The third-order valence-corrected chi connectivity index (χ3v) is 2.89. The van der Waals surface area contributed by atoms with E-state index in [2.05, 4.69) is 10.3 Å². The Morgan fingerprint density at radius 3 is 2.63 bits per heavy atom. The minimum absolute atomic E-state index is 0.0310. The van der Waals surface area contributed by atoms with E-state index >= 15 is 0 Å². The molecule has 0 radical (unpaired) electrons. The van der Waals surface area contributed by atoms with Crippen LogP contribution in [0.15, 0.2) is 18.3 Å². The predicted octanol–water partition coefficient (Wildman–Crippen LogP) is 2.01. The Bertz CT molecular complexity index is 375. The second kappa shape index (κ2) is 8.48. The molecule has 19 heavy (non-hydrogen) atoms. The van der Waals surface area contributed by atoms with Crippen molar-refractivity contribution >= 4 is 11.7 Å². The number of ether oxygens (including phenoxy) is 1. The van der Waals surface area contributed by atoms with Gasteiger partial charge < -0.3 is 15.0 Å². The number of hydrogen-bond donors (Lipinski definition) is 1. The number of carbonyl (C=O) groups is 1. The van der Waals surface area contributed by atoms with E-state index in [1.54, 1.807) is 18.2 Å². The molecule has 0 fully saturated rings. The minimum Gasteiger partial charge on any atom is -0.385 e. The number of pyridine rings is 1. The monoisotopic (exact) mass is 265 g/mol. The maximum atomic E-state index is 12.1. The highest BCUT2D eigenvalue weighted by Crippen LogP contribution is 2.08. The summed E-state index contributed by atoms with van der Waals surface area (Å²) in [6.07, 6.45) is 2.55. The van der Waals surface area contributed by atoms with Gasteiger partial charge in [-0.2, -0.15) is 0 Å². The fourth-order valence-corrected chi connectivity index (χ4v) is 1.75. The second-order valence-corrected chi connectivity index (χ2v) is 4.18. The summed E-state index contributed by atoms with van der Waals surface area (Å²) in [5, 5.41) is 3.19. The zero-order chi connectivity index (χ0) is 14.1. The van der Waals surface area contributed by atoms with Crippen molar-refractivity contribution in [2.45, 2.75) is 20.3 Å². The van der Waals surface area contributed by atoms with Crippen molar-refractivity contribution in [2.75, 3.05) is 38.7 Å². The topological polar surface area (TPSA) is 54.5 Å². The highest BCUT2D eigenvalue weighted by Gasteiger charge is 2.12. The number of amides is 1. The first-order chi connectivity index (χ1) is 9.22. The SMILES string of the molecule is CCN(CC)C(=O)c1ccc(NCCCOC)nc1. The van der Waals surface area contributed by atoms with E-state index in [9.17, 15) is 4.79 Å². The molecule has 0 unspecified atom stereocenters. The van der Waals surface area contributed by atoms with Gasteiger partial charge in [-0.1, -0.05) is 0 Å². The molecule has 0 bridgehead atoms. The van der Waals surface area contributed by atoms with Crippen LogP contribution in [0.1, 0.15) is 30.6 Å². The predicted molar refractivity (Wildman–Crippen MR) is 76.5 cm³/mol. The fraction of sp³-hybridized carbons (Fsp3) is 0.571. The molecule has 5 nitrogen and oxygen atoms in total. The lowest BCUT2D eigenvalue weighted by Gasteiger charge is -2.18. The van der Waals surface area contributed by atoms with Crippen LogP contribution in [0.4, 0.5) is 5.82 Å². The van der Waals surface area contributed by atoms with Crippen LogP contribution < -0.4 is 5.32 Å². The largest absolute Gasteiger partial charge is 0.385 e. The molecule has 1 heterocycles. The molecule has 1 aromatic rings. The van der Waals surface area contributed by atoms with Gasteiger partial charge in [0.05, 0.1) is 5.56 Å². The molecular weight excluding hydrogens is 242 g/mol. The Kier molecular flexibility index (Phi) is 6.89. The molecule has 0 saturated heterocycles. The Labute approximate surface area is 115 Å². The van der Waals surface area contributed by atoms with Crippen molar-refractivity contribution in [3.05, 3.63) is 23.9 Å². The molecule has 0 aromatic carbocycles. The average molecular weight is 265 g/mol. The quantitative estimate of drug-likeness (QED) is 0.731. The van der Waals surface area contributed by atoms with E-state index in [-0.39, 0.29) is 5.91 Å². The maximum absolute atomic E-state index is 12.1. The lowest BCUT2D eigenvalue weighted by Crippen LogP contribution is -2.30. The Balaban J connectivity index is 2.53. The van der Waals surface area contributed by atoms with Crippen molar-refractivity contribution in [3.8, 4) is 0 Å². The third kappa shape index (κ3) is 4.87. The van der Waals surface area contributed by atoms with Gasteiger partial charge in [-0.05, 0) is 32.4 Å². The smallest absolute Gasteiger partial charge is 0.255 e. The Morgan fingerprint density at radius 1 is 1.37 bits per heavy atom. The summed E-state index contributed by atoms with van der Waals surface area (Å²) in [4.78, 5) is 18.1. The van der Waals surface area contributed by atoms with Crippen LogP contribution in [0.5, 0.6) is 0 Å². The molecule has 0 saturated carbocycles. The van der Waals surface area contributed by atoms with Crippen molar-refractivity contribution in [1.29, 1.82) is 0 Å². The zero-order valence-electron chi connectivity index (χ0n) is 12.0. The van der Waals surface area contributed by atoms with Crippen molar-refractivity contribution < 1.29 is 9.53 Å². The van der Waals surface area contributed by atoms with Gasteiger partial charge in [-0.25, -0.2) is 4.98 Å². The number of anilines is 1. The average Bonchev–Trinajstić information content (AvgIpc) is 2.45. The summed E-state index contributed by atoms with van der Waals surface area (Å²) in [5.41, 5.74) is 0.631. The number of nitrogens with one attached hydrogen (secondary N) is 1. The van der Waals surface area contributed by atoms with Gasteiger partial charge in [0.2, 0.25) is 0 Å². The van der Waals surface area contributed by atoms with E-state index in [4.69, 9.17) is 4.74 Å². The molecule has 1 aromatic heterocycles. The van der Waals surface area contributed by atoms with Crippen LogP contribution >= 0.6 is 0 Å². The summed E-state index contributed by atoms with van der Waals surface area (Å²) in [6, 6.07) is 3.65. The van der Waals surface area contributed by atoms with Crippen LogP contribution in [-0.2, 0) is 4.74 Å². The number of hydrogen-bond acceptors (Lipinski definition) is 4. The minimum atomic E-state index is 0.0310. The molecular formula is C14H23N3O2. The highest BCUT2D eigenvalue weighted by atomic mass is 16.5. The van der Waals surface area contributed by atoms with Gasteiger partial charge in [-0.3, -0.25) is 4.79 Å². The lowest BCUT2D eigenvalue weighted by molar-refractivity contribution is 0.0772. The standard InChI is InChI=1S/C14H23N3O2/c1-4-17(5-2)14(18)12-7-8-13(16-11-12)15-9-6-10-19-3/h7-8,11H,4-6,9-10H2,1-3H3,(H,15,16). The lowest BCUT2D eigenvalue weighted by atomic mass is 10.2. The molecule has 0 aliphatic heterocycles. The summed E-state index contributed by atoms with van der Waals surface area (Å²) in [5.74, 6) is 0.815. The molecule has 1 rings (SSSR count). The molecule has 0 aliphatic carbocycles. The number of aromatic nitrogens is 1. The number of carbonyl (C=O) groups excluding carboxylic acids is 1. The summed E-state index contributed by atoms with van der Waals surface area (Å²) < 4.78 is 4.97. The van der Waals surface area contributed by atoms with E-state index in [1.165, 1.54) is 0 Å². The van der Waals surface area contributed by atoms with Gasteiger partial charge >= 0.3 is 0 Å². The normalized spacial score (nSPS) is 10.3. The molecule has 1 amide bonds. The van der Waals surface area contributed by atoms with Gasteiger partial charge in [0.25, 0.3) is 5.91 Å². The van der Waals surface area contributed by atoms with Crippen LogP contribution in [0.2, 0.25) is 0 Å². The first-order valence-corrected chi connectivity index (χ1v) is 6.71. The second-order valence-electron chi connectivity index (χ2n) is 4.18. The number of rotatable bonds is 8. The molecule has 0 atom stereocenters. The van der Waals surface area contributed by atoms with E-state index in [1.807, 2.05) is 26.0 Å². The first kappa shape index (κ1) is 15.4. The van der Waals surface area contributed by atoms with Gasteiger partial charge in [0.1, 0.15) is 5.82 Å². The number of nitrogens with zero attached hydrogens (tertiary/aromatic N) is 2. The van der Waals surface area contributed by atoms with Gasteiger partial charge in [-0.15, -0.1) is 0 Å². The van der Waals surface area contributed by atoms with Crippen LogP contribution in [0.3, 0.4) is 0 Å². The van der Waals surface area contributed by atoms with E-state index in [0.29, 0.717) is 18.7 Å². The molecule has 5 heteroatoms. The van der Waals surface area contributed by atoms with Crippen molar-refractivity contribution in [3.63, 3.8) is 0 Å². The molecule has 106 valence electrons. The van der Waals surface area contributed by atoms with Crippen molar-refractivity contribution in [1.82, 2.24) is 9.88 Å². The summed E-state index contributed by atoms with van der Waals surface area (Å²) in [6.45, 7) is 6.91. The maximum Gasteiger partial charge on any atom is 0.255 e. The van der Waals surface area contributed by atoms with E-state index < -0.39 is 0 Å². The van der Waals surface area contributed by atoms with Gasteiger partial charge in [0.15, 0.2) is 0 Å². The van der Waals surface area contributed by atoms with Crippen LogP contribution in [0, 0.1) is 0 Å². The molecule has 0 spiro atoms. The first-order valence-electron chi connectivity index (χ1n) is 6.71. The zero-order valence-corrected chi connectivity index (χ0v) is 12.0. The Hall–Kier alpha value is -1.62. The number of methoxy groups -OCH3 is 1. The highest BCUT2D eigenvalue weighted by molar-refractivity contribution is 5.94. The summed E-state index contributed by atoms with van der Waals surface area (Å²) in [7, 11) is 1.69. The molecule has 0 aliphatic rings.